The van der Waals surface area contributed by atoms with Crippen molar-refractivity contribution in [3.05, 3.63) is 42.2 Å². The highest BCUT2D eigenvalue weighted by molar-refractivity contribution is 5.85. The van der Waals surface area contributed by atoms with E-state index in [1.54, 1.807) is 17.0 Å². The van der Waals surface area contributed by atoms with Gasteiger partial charge in [-0.3, -0.25) is 9.59 Å². The van der Waals surface area contributed by atoms with Crippen molar-refractivity contribution in [1.82, 2.24) is 20.0 Å². The minimum Gasteiger partial charge on any atom is -0.353 e. The first-order valence-electron chi connectivity index (χ1n) is 12.3. The fourth-order valence-corrected chi connectivity index (χ4v) is 4.27. The maximum atomic E-state index is 13.2. The molecule has 0 bridgehead atoms. The van der Waals surface area contributed by atoms with E-state index >= 15 is 0 Å². The average molecular weight is 468 g/mol. The summed E-state index contributed by atoms with van der Waals surface area (Å²) in [5.74, 6) is 1.44. The lowest BCUT2D eigenvalue weighted by Crippen LogP contribution is -2.45. The lowest BCUT2D eigenvalue weighted by Gasteiger charge is -2.27. The third kappa shape index (κ3) is 6.52. The van der Waals surface area contributed by atoms with Crippen molar-refractivity contribution in [2.75, 3.05) is 44.2 Å². The molecule has 2 amide bonds. The van der Waals surface area contributed by atoms with E-state index in [0.29, 0.717) is 44.2 Å². The number of aromatic nitrogens is 2. The highest BCUT2D eigenvalue weighted by atomic mass is 19.1. The Labute approximate surface area is 200 Å². The van der Waals surface area contributed by atoms with E-state index in [0.717, 1.165) is 37.2 Å². The number of hydrogen-bond acceptors (Lipinski definition) is 5. The normalized spacial score (nSPS) is 16.5. The standard InChI is InChI=1S/C26H34FN5O2/c1-19(2)16-25(33)32(17-20-4-5-20)18-26(34)31-13-3-12-30(14-15-31)24-11-10-23(28-29-24)21-6-8-22(27)9-7-21/h6-11,19-20H,3-5,12-18H2,1-2H3. The van der Waals surface area contributed by atoms with E-state index in [2.05, 4.69) is 15.1 Å². The molecule has 4 rings (SSSR count). The van der Waals surface area contributed by atoms with Crippen LogP contribution in [0.3, 0.4) is 0 Å². The SMILES string of the molecule is CC(C)CC(=O)N(CC(=O)N1CCCN(c2ccc(-c3ccc(F)cc3)nn2)CC1)CC1CC1. The number of rotatable bonds is 8. The maximum Gasteiger partial charge on any atom is 0.242 e. The minimum absolute atomic E-state index is 0.0253. The van der Waals surface area contributed by atoms with Gasteiger partial charge in [-0.2, -0.15) is 0 Å². The Kier molecular flexibility index (Phi) is 7.75. The summed E-state index contributed by atoms with van der Waals surface area (Å²) in [5, 5.41) is 8.69. The molecule has 0 unspecified atom stereocenters. The molecule has 0 spiro atoms. The van der Waals surface area contributed by atoms with Gasteiger partial charge in [-0.15, -0.1) is 10.2 Å². The van der Waals surface area contributed by atoms with Gasteiger partial charge >= 0.3 is 0 Å². The van der Waals surface area contributed by atoms with Crippen LogP contribution in [0, 0.1) is 17.7 Å². The first-order chi connectivity index (χ1) is 16.4. The number of benzene rings is 1. The van der Waals surface area contributed by atoms with Gasteiger partial charge in [0, 0.05) is 44.7 Å². The highest BCUT2D eigenvalue weighted by Gasteiger charge is 2.30. The smallest absolute Gasteiger partial charge is 0.242 e. The fourth-order valence-electron chi connectivity index (χ4n) is 4.27. The van der Waals surface area contributed by atoms with Crippen LogP contribution in [-0.4, -0.2) is 71.1 Å². The van der Waals surface area contributed by atoms with Crippen LogP contribution in [0.25, 0.3) is 11.3 Å². The number of anilines is 1. The zero-order valence-corrected chi connectivity index (χ0v) is 20.1. The molecule has 0 atom stereocenters. The quantitative estimate of drug-likeness (QED) is 0.593. The van der Waals surface area contributed by atoms with Gasteiger partial charge in [0.25, 0.3) is 0 Å². The molecule has 8 heteroatoms. The Hall–Kier alpha value is -3.03. The van der Waals surface area contributed by atoms with Crippen molar-refractivity contribution < 1.29 is 14.0 Å². The molecule has 182 valence electrons. The molecule has 0 radical (unpaired) electrons. The number of nitrogens with zero attached hydrogens (tertiary/aromatic N) is 5. The zero-order chi connectivity index (χ0) is 24.1. The Morgan fingerprint density at radius 1 is 1.03 bits per heavy atom. The number of halogens is 1. The van der Waals surface area contributed by atoms with Gasteiger partial charge in [0.2, 0.25) is 11.8 Å². The molecule has 1 saturated carbocycles. The first kappa shape index (κ1) is 24.1. The molecule has 2 heterocycles. The number of carbonyl (C=O) groups is 2. The predicted octanol–water partition coefficient (Wildman–Crippen LogP) is 3.61. The van der Waals surface area contributed by atoms with Gasteiger partial charge in [0.1, 0.15) is 5.82 Å². The second kappa shape index (κ2) is 10.9. The summed E-state index contributed by atoms with van der Waals surface area (Å²) in [4.78, 5) is 31.6. The van der Waals surface area contributed by atoms with E-state index in [4.69, 9.17) is 0 Å². The van der Waals surface area contributed by atoms with Crippen molar-refractivity contribution in [3.8, 4) is 11.3 Å². The minimum atomic E-state index is -0.281. The molecular formula is C26H34FN5O2. The summed E-state index contributed by atoms with van der Waals surface area (Å²) in [6.45, 7) is 7.66. The Bertz CT molecular complexity index is 976. The van der Waals surface area contributed by atoms with Gasteiger partial charge in [0.15, 0.2) is 5.82 Å². The largest absolute Gasteiger partial charge is 0.353 e. The molecule has 1 aliphatic heterocycles. The monoisotopic (exact) mass is 467 g/mol. The van der Waals surface area contributed by atoms with E-state index in [-0.39, 0.29) is 30.1 Å². The van der Waals surface area contributed by atoms with Gasteiger partial charge in [-0.1, -0.05) is 13.8 Å². The van der Waals surface area contributed by atoms with Crippen LogP contribution < -0.4 is 4.90 Å². The topological polar surface area (TPSA) is 69.6 Å². The van der Waals surface area contributed by atoms with Crippen molar-refractivity contribution in [1.29, 1.82) is 0 Å². The van der Waals surface area contributed by atoms with Crippen LogP contribution in [0.5, 0.6) is 0 Å². The van der Waals surface area contributed by atoms with Crippen LogP contribution in [0.1, 0.15) is 39.5 Å². The van der Waals surface area contributed by atoms with Crippen molar-refractivity contribution in [2.24, 2.45) is 11.8 Å². The van der Waals surface area contributed by atoms with Crippen molar-refractivity contribution in [3.63, 3.8) is 0 Å². The van der Waals surface area contributed by atoms with Crippen LogP contribution in [0.2, 0.25) is 0 Å². The van der Waals surface area contributed by atoms with Crippen LogP contribution in [-0.2, 0) is 9.59 Å². The Balaban J connectivity index is 1.34. The number of hydrogen-bond donors (Lipinski definition) is 0. The van der Waals surface area contributed by atoms with E-state index < -0.39 is 0 Å². The summed E-state index contributed by atoms with van der Waals surface area (Å²) in [6.07, 6.45) is 3.62. The third-order valence-electron chi connectivity index (χ3n) is 6.40. The van der Waals surface area contributed by atoms with Gasteiger partial charge in [-0.05, 0) is 67.5 Å². The number of amides is 2. The molecule has 1 aromatic heterocycles. The average Bonchev–Trinajstić information content (AvgIpc) is 3.65. The molecule has 7 nitrogen and oxygen atoms in total. The van der Waals surface area contributed by atoms with E-state index in [9.17, 15) is 14.0 Å². The summed E-state index contributed by atoms with van der Waals surface area (Å²) < 4.78 is 13.2. The zero-order valence-electron chi connectivity index (χ0n) is 20.1. The molecule has 1 saturated heterocycles. The molecule has 0 N–H and O–H groups in total. The summed E-state index contributed by atoms with van der Waals surface area (Å²) in [7, 11) is 0. The molecule has 2 aliphatic rings. The molecule has 1 aromatic carbocycles. The first-order valence-corrected chi connectivity index (χ1v) is 12.3. The molecule has 1 aliphatic carbocycles. The van der Waals surface area contributed by atoms with E-state index in [1.165, 1.54) is 12.1 Å². The van der Waals surface area contributed by atoms with Crippen molar-refractivity contribution in [2.45, 2.75) is 39.5 Å². The van der Waals surface area contributed by atoms with Crippen LogP contribution >= 0.6 is 0 Å². The summed E-state index contributed by atoms with van der Waals surface area (Å²) in [5.41, 5.74) is 1.51. The molecule has 34 heavy (non-hydrogen) atoms. The molecular weight excluding hydrogens is 433 g/mol. The van der Waals surface area contributed by atoms with Crippen LogP contribution in [0.15, 0.2) is 36.4 Å². The van der Waals surface area contributed by atoms with Crippen molar-refractivity contribution >= 4 is 17.6 Å². The molecule has 2 fully saturated rings. The van der Waals surface area contributed by atoms with E-state index in [1.807, 2.05) is 30.9 Å². The maximum absolute atomic E-state index is 13.2. The van der Waals surface area contributed by atoms with Gasteiger partial charge in [-0.25, -0.2) is 4.39 Å². The third-order valence-corrected chi connectivity index (χ3v) is 6.40. The second-order valence-corrected chi connectivity index (χ2v) is 9.82. The lowest BCUT2D eigenvalue weighted by molar-refractivity contribution is -0.141. The predicted molar refractivity (Wildman–Crippen MR) is 130 cm³/mol. The van der Waals surface area contributed by atoms with Crippen LogP contribution in [0.4, 0.5) is 10.2 Å². The number of carbonyl (C=O) groups excluding carboxylic acids is 2. The molecule has 2 aromatic rings. The summed E-state index contributed by atoms with van der Waals surface area (Å²) in [6, 6.07) is 10.0. The lowest BCUT2D eigenvalue weighted by atomic mass is 10.1. The Morgan fingerprint density at radius 2 is 1.79 bits per heavy atom. The fraction of sp³-hybridized carbons (Fsp3) is 0.538. The van der Waals surface area contributed by atoms with Gasteiger partial charge < -0.3 is 14.7 Å². The van der Waals surface area contributed by atoms with Gasteiger partial charge in [0.05, 0.1) is 12.2 Å². The summed E-state index contributed by atoms with van der Waals surface area (Å²) >= 11 is 0. The Morgan fingerprint density at radius 3 is 2.44 bits per heavy atom. The second-order valence-electron chi connectivity index (χ2n) is 9.82. The highest BCUT2D eigenvalue weighted by Crippen LogP contribution is 2.30.